The van der Waals surface area contributed by atoms with Gasteiger partial charge in [-0.15, -0.1) is 0 Å². The van der Waals surface area contributed by atoms with Crippen LogP contribution in [0.4, 0.5) is 10.5 Å². The molecule has 1 aromatic rings. The Balaban J connectivity index is 1.86. The molecule has 0 aliphatic heterocycles. The Labute approximate surface area is 114 Å². The van der Waals surface area contributed by atoms with Crippen molar-refractivity contribution in [2.45, 2.75) is 39.2 Å². The summed E-state index contributed by atoms with van der Waals surface area (Å²) in [6.07, 6.45) is 3.58. The number of carbonyl (C=O) groups is 1. The van der Waals surface area contributed by atoms with E-state index in [9.17, 15) is 4.79 Å². The lowest BCUT2D eigenvalue weighted by Gasteiger charge is -2.14. The molecule has 0 radical (unpaired) electrons. The van der Waals surface area contributed by atoms with Crippen molar-refractivity contribution in [2.24, 2.45) is 11.1 Å². The average molecular weight is 261 g/mol. The number of carbonyl (C=O) groups excluding carboxylic acids is 1. The molecule has 1 unspecified atom stereocenters. The standard InChI is InChI=1S/C15H23N3O/c1-3-15(7-8-15)10-17-14(19)18-13-6-4-5-12(9-13)11(2)16/h4-6,9,11H,3,7-8,10,16H2,1-2H3,(H2,17,18,19). The Morgan fingerprint density at radius 1 is 1.47 bits per heavy atom. The van der Waals surface area contributed by atoms with Crippen LogP contribution >= 0.6 is 0 Å². The minimum atomic E-state index is -0.137. The molecule has 1 aromatic carbocycles. The summed E-state index contributed by atoms with van der Waals surface area (Å²) in [6.45, 7) is 4.87. The first-order chi connectivity index (χ1) is 9.04. The Morgan fingerprint density at radius 3 is 2.79 bits per heavy atom. The van der Waals surface area contributed by atoms with E-state index in [2.05, 4.69) is 17.6 Å². The first kappa shape index (κ1) is 13.9. The largest absolute Gasteiger partial charge is 0.337 e. The Bertz CT molecular complexity index is 452. The molecule has 0 aromatic heterocycles. The van der Waals surface area contributed by atoms with Crippen molar-refractivity contribution in [3.05, 3.63) is 29.8 Å². The van der Waals surface area contributed by atoms with Crippen LogP contribution in [0.3, 0.4) is 0 Å². The van der Waals surface area contributed by atoms with Crippen LogP contribution in [0, 0.1) is 5.41 Å². The molecule has 1 atom stereocenters. The van der Waals surface area contributed by atoms with E-state index in [0.717, 1.165) is 24.2 Å². The highest BCUT2D eigenvalue weighted by molar-refractivity contribution is 5.89. The van der Waals surface area contributed by atoms with Gasteiger partial charge in [-0.05, 0) is 49.3 Å². The van der Waals surface area contributed by atoms with Crippen LogP contribution in [0.1, 0.15) is 44.7 Å². The first-order valence-corrected chi connectivity index (χ1v) is 6.95. The number of benzene rings is 1. The molecular weight excluding hydrogens is 238 g/mol. The number of rotatable bonds is 5. The van der Waals surface area contributed by atoms with E-state index in [1.54, 1.807) is 0 Å². The molecule has 0 spiro atoms. The highest BCUT2D eigenvalue weighted by Crippen LogP contribution is 2.47. The monoisotopic (exact) mass is 261 g/mol. The van der Waals surface area contributed by atoms with Crippen molar-refractivity contribution in [1.29, 1.82) is 0 Å². The van der Waals surface area contributed by atoms with Crippen LogP contribution in [0.2, 0.25) is 0 Å². The van der Waals surface area contributed by atoms with Gasteiger partial charge in [0.2, 0.25) is 0 Å². The van der Waals surface area contributed by atoms with Crippen LogP contribution in [-0.2, 0) is 0 Å². The van der Waals surface area contributed by atoms with Crippen LogP contribution in [0.15, 0.2) is 24.3 Å². The summed E-state index contributed by atoms with van der Waals surface area (Å²) in [7, 11) is 0. The second kappa shape index (κ2) is 5.61. The predicted octanol–water partition coefficient (Wildman–Crippen LogP) is 3.02. The highest BCUT2D eigenvalue weighted by atomic mass is 16.2. The maximum absolute atomic E-state index is 11.8. The molecule has 104 valence electrons. The number of hydrogen-bond acceptors (Lipinski definition) is 2. The van der Waals surface area contributed by atoms with E-state index in [4.69, 9.17) is 5.73 Å². The fourth-order valence-electron chi connectivity index (χ4n) is 2.17. The zero-order valence-electron chi connectivity index (χ0n) is 11.7. The topological polar surface area (TPSA) is 67.2 Å². The summed E-state index contributed by atoms with van der Waals surface area (Å²) in [6, 6.07) is 7.49. The van der Waals surface area contributed by atoms with Crippen LogP contribution < -0.4 is 16.4 Å². The zero-order chi connectivity index (χ0) is 13.9. The number of nitrogens with two attached hydrogens (primary N) is 1. The fraction of sp³-hybridized carbons (Fsp3) is 0.533. The lowest BCUT2D eigenvalue weighted by molar-refractivity contribution is 0.249. The molecule has 19 heavy (non-hydrogen) atoms. The number of nitrogens with one attached hydrogen (secondary N) is 2. The van der Waals surface area contributed by atoms with E-state index in [1.807, 2.05) is 31.2 Å². The Morgan fingerprint density at radius 2 is 2.21 bits per heavy atom. The summed E-state index contributed by atoms with van der Waals surface area (Å²) in [5.41, 5.74) is 8.00. The van der Waals surface area contributed by atoms with Gasteiger partial charge in [0.15, 0.2) is 0 Å². The average Bonchev–Trinajstić information content (AvgIpc) is 3.17. The second-order valence-electron chi connectivity index (χ2n) is 5.58. The van der Waals surface area contributed by atoms with Gasteiger partial charge in [-0.2, -0.15) is 0 Å². The minimum absolute atomic E-state index is 0.0281. The molecule has 2 amide bonds. The summed E-state index contributed by atoms with van der Waals surface area (Å²) in [5.74, 6) is 0. The van der Waals surface area contributed by atoms with Gasteiger partial charge in [0.1, 0.15) is 0 Å². The van der Waals surface area contributed by atoms with E-state index in [-0.39, 0.29) is 12.1 Å². The number of urea groups is 1. The zero-order valence-corrected chi connectivity index (χ0v) is 11.7. The molecule has 2 rings (SSSR count). The predicted molar refractivity (Wildman–Crippen MR) is 78.0 cm³/mol. The van der Waals surface area contributed by atoms with E-state index in [0.29, 0.717) is 5.41 Å². The Kier molecular flexibility index (Phi) is 4.10. The summed E-state index contributed by atoms with van der Waals surface area (Å²) < 4.78 is 0. The lowest BCUT2D eigenvalue weighted by atomic mass is 10.0. The quantitative estimate of drug-likeness (QED) is 0.762. The van der Waals surface area contributed by atoms with E-state index < -0.39 is 0 Å². The molecule has 4 nitrogen and oxygen atoms in total. The molecule has 4 heteroatoms. The molecule has 1 fully saturated rings. The highest BCUT2D eigenvalue weighted by Gasteiger charge is 2.40. The second-order valence-corrected chi connectivity index (χ2v) is 5.58. The smallest absolute Gasteiger partial charge is 0.319 e. The van der Waals surface area contributed by atoms with Gasteiger partial charge in [0.25, 0.3) is 0 Å². The van der Waals surface area contributed by atoms with Gasteiger partial charge >= 0.3 is 6.03 Å². The lowest BCUT2D eigenvalue weighted by Crippen LogP contribution is -2.33. The molecule has 0 bridgehead atoms. The SMILES string of the molecule is CCC1(CNC(=O)Nc2cccc(C(C)N)c2)CC1. The third kappa shape index (κ3) is 3.70. The van der Waals surface area contributed by atoms with Gasteiger partial charge in [-0.25, -0.2) is 4.79 Å². The van der Waals surface area contributed by atoms with Gasteiger partial charge in [-0.1, -0.05) is 19.1 Å². The van der Waals surface area contributed by atoms with Crippen LogP contribution in [0.25, 0.3) is 0 Å². The summed E-state index contributed by atoms with van der Waals surface area (Å²) in [5, 5.41) is 5.81. The maximum Gasteiger partial charge on any atom is 0.319 e. The van der Waals surface area contributed by atoms with E-state index in [1.165, 1.54) is 12.8 Å². The molecule has 0 heterocycles. The van der Waals surface area contributed by atoms with Crippen molar-refractivity contribution in [1.82, 2.24) is 5.32 Å². The van der Waals surface area contributed by atoms with Gasteiger partial charge in [-0.3, -0.25) is 0 Å². The first-order valence-electron chi connectivity index (χ1n) is 6.95. The maximum atomic E-state index is 11.8. The van der Waals surface area contributed by atoms with Gasteiger partial charge in [0.05, 0.1) is 0 Å². The van der Waals surface area contributed by atoms with Crippen molar-refractivity contribution in [3.63, 3.8) is 0 Å². The third-order valence-corrected chi connectivity index (χ3v) is 4.00. The number of amides is 2. The normalized spacial score (nSPS) is 17.6. The van der Waals surface area contributed by atoms with E-state index >= 15 is 0 Å². The molecule has 4 N–H and O–H groups in total. The van der Waals surface area contributed by atoms with Crippen molar-refractivity contribution in [2.75, 3.05) is 11.9 Å². The molecule has 1 aliphatic rings. The Hall–Kier alpha value is -1.55. The molecule has 1 aliphatic carbocycles. The summed E-state index contributed by atoms with van der Waals surface area (Å²) >= 11 is 0. The number of hydrogen-bond donors (Lipinski definition) is 3. The third-order valence-electron chi connectivity index (χ3n) is 4.00. The van der Waals surface area contributed by atoms with Crippen molar-refractivity contribution >= 4 is 11.7 Å². The van der Waals surface area contributed by atoms with Crippen molar-refractivity contribution in [3.8, 4) is 0 Å². The van der Waals surface area contributed by atoms with Crippen molar-refractivity contribution < 1.29 is 4.79 Å². The molecule has 0 saturated heterocycles. The minimum Gasteiger partial charge on any atom is -0.337 e. The van der Waals surface area contributed by atoms with Gasteiger partial charge in [0, 0.05) is 18.3 Å². The number of anilines is 1. The molecular formula is C15H23N3O. The van der Waals surface area contributed by atoms with Crippen LogP contribution in [0.5, 0.6) is 0 Å². The summed E-state index contributed by atoms with van der Waals surface area (Å²) in [4.78, 5) is 11.8. The van der Waals surface area contributed by atoms with Crippen LogP contribution in [-0.4, -0.2) is 12.6 Å². The fourth-order valence-corrected chi connectivity index (χ4v) is 2.17. The van der Waals surface area contributed by atoms with Gasteiger partial charge < -0.3 is 16.4 Å². The molecule has 1 saturated carbocycles.